The maximum atomic E-state index is 13.0. The highest BCUT2D eigenvalue weighted by Gasteiger charge is 2.28. The normalized spacial score (nSPS) is 11.5. The molecule has 0 aliphatic heterocycles. The molecule has 1 rings (SSSR count). The molecule has 4 nitrogen and oxygen atoms in total. The molecule has 1 aromatic carbocycles. The van der Waals surface area contributed by atoms with Crippen LogP contribution in [0, 0.1) is 15.9 Å². The number of benzene rings is 1. The van der Waals surface area contributed by atoms with E-state index in [2.05, 4.69) is 0 Å². The van der Waals surface area contributed by atoms with Crippen LogP contribution in [-0.4, -0.2) is 16.6 Å². The first-order chi connectivity index (χ1) is 6.88. The van der Waals surface area contributed by atoms with Crippen LogP contribution in [0.3, 0.4) is 0 Å². The largest absolute Gasteiger partial charge is 0.395 e. The molecular weight excluding hydrogens is 201 g/mol. The Labute approximate surface area is 86.5 Å². The minimum atomic E-state index is -0.829. The molecule has 0 saturated carbocycles. The summed E-state index contributed by atoms with van der Waals surface area (Å²) in [5.41, 5.74) is -0.796. The first-order valence-electron chi connectivity index (χ1n) is 4.44. The van der Waals surface area contributed by atoms with Gasteiger partial charge in [-0.2, -0.15) is 0 Å². The van der Waals surface area contributed by atoms with Crippen molar-refractivity contribution in [2.45, 2.75) is 19.3 Å². The predicted molar refractivity (Wildman–Crippen MR) is 53.2 cm³/mol. The molecule has 5 heteroatoms. The number of aliphatic hydroxyl groups excluding tert-OH is 1. The SMILES string of the molecule is CC(C)(CO)c1cc(F)ccc1[N+](=O)[O-]. The van der Waals surface area contributed by atoms with Crippen LogP contribution >= 0.6 is 0 Å². The van der Waals surface area contributed by atoms with E-state index in [1.165, 1.54) is 0 Å². The zero-order chi connectivity index (χ0) is 11.6. The summed E-state index contributed by atoms with van der Waals surface area (Å²) in [4.78, 5) is 10.1. The molecule has 0 amide bonds. The molecule has 0 aliphatic rings. The van der Waals surface area contributed by atoms with Gasteiger partial charge in [-0.25, -0.2) is 4.39 Å². The van der Waals surface area contributed by atoms with E-state index in [1.54, 1.807) is 13.8 Å². The zero-order valence-electron chi connectivity index (χ0n) is 8.53. The molecule has 82 valence electrons. The Morgan fingerprint density at radius 3 is 2.60 bits per heavy atom. The average molecular weight is 213 g/mol. The summed E-state index contributed by atoms with van der Waals surface area (Å²) in [6.07, 6.45) is 0. The number of hydrogen-bond donors (Lipinski definition) is 1. The predicted octanol–water partition coefficient (Wildman–Crippen LogP) is 2.00. The standard InChI is InChI=1S/C10H12FNO3/c1-10(2,6-13)8-5-7(11)3-4-9(8)12(14)15/h3-5,13H,6H2,1-2H3. The van der Waals surface area contributed by atoms with Crippen LogP contribution in [0.4, 0.5) is 10.1 Å². The van der Waals surface area contributed by atoms with Crippen LogP contribution in [0.25, 0.3) is 0 Å². The van der Waals surface area contributed by atoms with E-state index in [-0.39, 0.29) is 17.9 Å². The molecule has 0 bridgehead atoms. The third kappa shape index (κ3) is 2.30. The molecule has 0 saturated heterocycles. The van der Waals surface area contributed by atoms with Gasteiger partial charge in [-0.3, -0.25) is 10.1 Å². The van der Waals surface area contributed by atoms with Crippen molar-refractivity contribution in [2.24, 2.45) is 0 Å². The smallest absolute Gasteiger partial charge is 0.273 e. The van der Waals surface area contributed by atoms with Gasteiger partial charge in [-0.1, -0.05) is 13.8 Å². The van der Waals surface area contributed by atoms with Crippen LogP contribution in [0.1, 0.15) is 19.4 Å². The van der Waals surface area contributed by atoms with Gasteiger partial charge >= 0.3 is 0 Å². The Bertz CT molecular complexity index is 390. The van der Waals surface area contributed by atoms with Crippen molar-refractivity contribution >= 4 is 5.69 Å². The third-order valence-corrected chi connectivity index (χ3v) is 2.28. The summed E-state index contributed by atoms with van der Waals surface area (Å²) < 4.78 is 13.0. The lowest BCUT2D eigenvalue weighted by atomic mass is 9.84. The first-order valence-corrected chi connectivity index (χ1v) is 4.44. The fourth-order valence-corrected chi connectivity index (χ4v) is 1.29. The number of nitro benzene ring substituents is 1. The number of aliphatic hydroxyl groups is 1. The summed E-state index contributed by atoms with van der Waals surface area (Å²) in [6.45, 7) is 2.96. The van der Waals surface area contributed by atoms with Gasteiger partial charge in [-0.15, -0.1) is 0 Å². The van der Waals surface area contributed by atoms with Gasteiger partial charge in [0.05, 0.1) is 11.5 Å². The van der Waals surface area contributed by atoms with Crippen molar-refractivity contribution in [2.75, 3.05) is 6.61 Å². The molecule has 1 aromatic rings. The average Bonchev–Trinajstić information content (AvgIpc) is 2.17. The van der Waals surface area contributed by atoms with E-state index in [0.29, 0.717) is 0 Å². The summed E-state index contributed by atoms with van der Waals surface area (Å²) >= 11 is 0. The van der Waals surface area contributed by atoms with E-state index in [4.69, 9.17) is 5.11 Å². The molecule has 0 radical (unpaired) electrons. The first kappa shape index (κ1) is 11.6. The fraction of sp³-hybridized carbons (Fsp3) is 0.400. The minimum Gasteiger partial charge on any atom is -0.395 e. The number of rotatable bonds is 3. The molecule has 0 heterocycles. The molecule has 1 N–H and O–H groups in total. The van der Waals surface area contributed by atoms with Crippen molar-refractivity contribution in [3.63, 3.8) is 0 Å². The van der Waals surface area contributed by atoms with Gasteiger partial charge in [0.15, 0.2) is 0 Å². The Balaban J connectivity index is 3.37. The topological polar surface area (TPSA) is 63.4 Å². The molecule has 0 aliphatic carbocycles. The number of hydrogen-bond acceptors (Lipinski definition) is 3. The Kier molecular flexibility index (Phi) is 3.04. The van der Waals surface area contributed by atoms with Crippen LogP contribution in [0.5, 0.6) is 0 Å². The summed E-state index contributed by atoms with van der Waals surface area (Å²) in [5.74, 6) is -0.544. The van der Waals surface area contributed by atoms with E-state index >= 15 is 0 Å². The second kappa shape index (κ2) is 3.94. The molecule has 0 atom stereocenters. The zero-order valence-corrected chi connectivity index (χ0v) is 8.53. The van der Waals surface area contributed by atoms with Gasteiger partial charge in [0.25, 0.3) is 5.69 Å². The van der Waals surface area contributed by atoms with E-state index in [0.717, 1.165) is 18.2 Å². The number of nitro groups is 1. The minimum absolute atomic E-state index is 0.171. The molecule has 0 unspecified atom stereocenters. The fourth-order valence-electron chi connectivity index (χ4n) is 1.29. The van der Waals surface area contributed by atoms with Gasteiger partial charge in [-0.05, 0) is 12.1 Å². The van der Waals surface area contributed by atoms with E-state index in [9.17, 15) is 14.5 Å². The van der Waals surface area contributed by atoms with Crippen LogP contribution in [0.15, 0.2) is 18.2 Å². The molecule has 0 spiro atoms. The highest BCUT2D eigenvalue weighted by Crippen LogP contribution is 2.31. The lowest BCUT2D eigenvalue weighted by Gasteiger charge is -2.21. The Morgan fingerprint density at radius 2 is 2.13 bits per heavy atom. The van der Waals surface area contributed by atoms with Gasteiger partial charge < -0.3 is 5.11 Å². The van der Waals surface area contributed by atoms with Gasteiger partial charge in [0.2, 0.25) is 0 Å². The highest BCUT2D eigenvalue weighted by atomic mass is 19.1. The Morgan fingerprint density at radius 1 is 1.53 bits per heavy atom. The lowest BCUT2D eigenvalue weighted by molar-refractivity contribution is -0.386. The maximum absolute atomic E-state index is 13.0. The number of halogens is 1. The quantitative estimate of drug-likeness (QED) is 0.617. The number of nitrogens with zero attached hydrogens (tertiary/aromatic N) is 1. The van der Waals surface area contributed by atoms with E-state index < -0.39 is 16.2 Å². The van der Waals surface area contributed by atoms with Gasteiger partial charge in [0, 0.05) is 17.0 Å². The van der Waals surface area contributed by atoms with Crippen molar-refractivity contribution in [3.05, 3.63) is 39.7 Å². The molecule has 0 fully saturated rings. The lowest BCUT2D eigenvalue weighted by Crippen LogP contribution is -2.23. The van der Waals surface area contributed by atoms with Crippen molar-refractivity contribution in [1.29, 1.82) is 0 Å². The summed E-state index contributed by atoms with van der Waals surface area (Å²) in [6, 6.07) is 3.24. The van der Waals surface area contributed by atoms with Crippen molar-refractivity contribution < 1.29 is 14.4 Å². The second-order valence-electron chi connectivity index (χ2n) is 3.96. The maximum Gasteiger partial charge on any atom is 0.273 e. The highest BCUT2D eigenvalue weighted by molar-refractivity contribution is 5.44. The monoisotopic (exact) mass is 213 g/mol. The summed E-state index contributed by atoms with van der Waals surface area (Å²) in [7, 11) is 0. The van der Waals surface area contributed by atoms with Crippen molar-refractivity contribution in [3.8, 4) is 0 Å². The molecular formula is C10H12FNO3. The van der Waals surface area contributed by atoms with Gasteiger partial charge in [0.1, 0.15) is 5.82 Å². The van der Waals surface area contributed by atoms with Crippen LogP contribution in [-0.2, 0) is 5.41 Å². The third-order valence-electron chi connectivity index (χ3n) is 2.28. The van der Waals surface area contributed by atoms with Crippen LogP contribution < -0.4 is 0 Å². The summed E-state index contributed by atoms with van der Waals surface area (Å²) in [5, 5.41) is 19.8. The molecule has 0 aromatic heterocycles. The Hall–Kier alpha value is -1.49. The van der Waals surface area contributed by atoms with Crippen molar-refractivity contribution in [1.82, 2.24) is 0 Å². The van der Waals surface area contributed by atoms with E-state index in [1.807, 2.05) is 0 Å². The second-order valence-corrected chi connectivity index (χ2v) is 3.96. The van der Waals surface area contributed by atoms with Crippen LogP contribution in [0.2, 0.25) is 0 Å². The molecule has 15 heavy (non-hydrogen) atoms.